The number of carboxylic acid groups (broad SMARTS) is 1. The monoisotopic (exact) mass is 284 g/mol. The van der Waals surface area contributed by atoms with Gasteiger partial charge in [-0.25, -0.2) is 8.42 Å². The molecule has 0 aliphatic rings. The second-order valence-corrected chi connectivity index (χ2v) is 7.45. The quantitative estimate of drug-likeness (QED) is 0.870. The van der Waals surface area contributed by atoms with E-state index in [0.29, 0.717) is 11.1 Å². The summed E-state index contributed by atoms with van der Waals surface area (Å²) in [6, 6.07) is 6.80. The van der Waals surface area contributed by atoms with Gasteiger partial charge < -0.3 is 5.11 Å². The number of sulfone groups is 1. The van der Waals surface area contributed by atoms with Crippen LogP contribution < -0.4 is 0 Å². The third-order valence-electron chi connectivity index (χ3n) is 3.32. The van der Waals surface area contributed by atoms with E-state index >= 15 is 0 Å². The molecular weight excluding hydrogens is 264 g/mol. The summed E-state index contributed by atoms with van der Waals surface area (Å²) in [5, 5.41) is 8.40. The Morgan fingerprint density at radius 1 is 1.16 bits per heavy atom. The van der Waals surface area contributed by atoms with Crippen LogP contribution >= 0.6 is 0 Å². The Morgan fingerprint density at radius 2 is 1.68 bits per heavy atom. The highest BCUT2D eigenvalue weighted by Crippen LogP contribution is 2.20. The summed E-state index contributed by atoms with van der Waals surface area (Å²) in [5.74, 6) is -1.02. The van der Waals surface area contributed by atoms with Crippen LogP contribution in [0.2, 0.25) is 0 Å². The second-order valence-electron chi connectivity index (χ2n) is 5.10. The van der Waals surface area contributed by atoms with Crippen LogP contribution in [0.5, 0.6) is 0 Å². The molecule has 0 spiro atoms. The van der Waals surface area contributed by atoms with E-state index in [0.717, 1.165) is 0 Å². The molecule has 0 fully saturated rings. The van der Waals surface area contributed by atoms with Gasteiger partial charge in [-0.1, -0.05) is 38.1 Å². The largest absolute Gasteiger partial charge is 0.481 e. The summed E-state index contributed by atoms with van der Waals surface area (Å²) < 4.78 is 24.5. The average molecular weight is 284 g/mol. The van der Waals surface area contributed by atoms with Crippen molar-refractivity contribution in [2.24, 2.45) is 5.92 Å². The highest BCUT2D eigenvalue weighted by molar-refractivity contribution is 7.91. The van der Waals surface area contributed by atoms with Gasteiger partial charge in [-0.05, 0) is 24.0 Å². The van der Waals surface area contributed by atoms with Crippen LogP contribution in [-0.4, -0.2) is 24.7 Å². The number of carbonyl (C=O) groups is 1. The van der Waals surface area contributed by atoms with E-state index in [2.05, 4.69) is 0 Å². The summed E-state index contributed by atoms with van der Waals surface area (Å²) in [4.78, 5) is 10.8. The Balaban J connectivity index is 3.03. The molecule has 106 valence electrons. The van der Waals surface area contributed by atoms with Crippen LogP contribution in [0.25, 0.3) is 0 Å². The molecule has 1 unspecified atom stereocenters. The zero-order valence-electron chi connectivity index (χ0n) is 11.5. The van der Waals surface area contributed by atoms with E-state index < -0.39 is 21.1 Å². The van der Waals surface area contributed by atoms with Gasteiger partial charge in [0.15, 0.2) is 9.84 Å². The van der Waals surface area contributed by atoms with Crippen molar-refractivity contribution in [2.45, 2.75) is 38.2 Å². The molecule has 19 heavy (non-hydrogen) atoms. The molecule has 4 nitrogen and oxygen atoms in total. The summed E-state index contributed by atoms with van der Waals surface area (Å²) in [7, 11) is -3.26. The third-order valence-corrected chi connectivity index (χ3v) is 5.71. The summed E-state index contributed by atoms with van der Waals surface area (Å²) in [6.07, 6.45) is -0.151. The molecule has 0 aromatic heterocycles. The van der Waals surface area contributed by atoms with Gasteiger partial charge in [0.05, 0.1) is 17.4 Å². The standard InChI is InChI=1S/C14H20O4S/c1-10(2)11(3)19(17,18)9-13-7-5-4-6-12(13)8-14(15)16/h4-7,10-11H,8-9H2,1-3H3,(H,15,16). The molecule has 5 heteroatoms. The maximum Gasteiger partial charge on any atom is 0.307 e. The summed E-state index contributed by atoms with van der Waals surface area (Å²) in [6.45, 7) is 5.43. The molecule has 0 radical (unpaired) electrons. The lowest BCUT2D eigenvalue weighted by molar-refractivity contribution is -0.136. The molecular formula is C14H20O4S. The molecule has 0 aliphatic heterocycles. The van der Waals surface area contributed by atoms with Crippen LogP contribution in [-0.2, 0) is 26.8 Å². The number of aliphatic carboxylic acids is 1. The molecule has 0 bridgehead atoms. The fourth-order valence-corrected chi connectivity index (χ4v) is 3.60. The first-order valence-corrected chi connectivity index (χ1v) is 7.95. The molecule has 0 aliphatic carbocycles. The SMILES string of the molecule is CC(C)C(C)S(=O)(=O)Cc1ccccc1CC(=O)O. The van der Waals surface area contributed by atoms with E-state index in [1.54, 1.807) is 31.2 Å². The van der Waals surface area contributed by atoms with Crippen molar-refractivity contribution in [1.82, 2.24) is 0 Å². The third kappa shape index (κ3) is 4.35. The van der Waals surface area contributed by atoms with Gasteiger partial charge in [0.2, 0.25) is 0 Å². The predicted molar refractivity (Wildman–Crippen MR) is 74.7 cm³/mol. The number of benzene rings is 1. The molecule has 1 atom stereocenters. The highest BCUT2D eigenvalue weighted by Gasteiger charge is 2.25. The lowest BCUT2D eigenvalue weighted by Gasteiger charge is -2.17. The van der Waals surface area contributed by atoms with Crippen LogP contribution in [0.4, 0.5) is 0 Å². The van der Waals surface area contributed by atoms with E-state index in [-0.39, 0.29) is 18.1 Å². The second kappa shape index (κ2) is 6.19. The van der Waals surface area contributed by atoms with Crippen molar-refractivity contribution < 1.29 is 18.3 Å². The van der Waals surface area contributed by atoms with Crippen LogP contribution in [0.3, 0.4) is 0 Å². The van der Waals surface area contributed by atoms with Gasteiger partial charge in [0.25, 0.3) is 0 Å². The van der Waals surface area contributed by atoms with Crippen molar-refractivity contribution in [3.63, 3.8) is 0 Å². The first-order valence-electron chi connectivity index (χ1n) is 6.24. The topological polar surface area (TPSA) is 71.4 Å². The smallest absolute Gasteiger partial charge is 0.307 e. The lowest BCUT2D eigenvalue weighted by Crippen LogP contribution is -2.25. The van der Waals surface area contributed by atoms with Gasteiger partial charge in [-0.3, -0.25) is 4.79 Å². The van der Waals surface area contributed by atoms with Gasteiger partial charge in [0, 0.05) is 0 Å². The van der Waals surface area contributed by atoms with Gasteiger partial charge in [-0.2, -0.15) is 0 Å². The first kappa shape index (κ1) is 15.7. The van der Waals surface area contributed by atoms with Gasteiger partial charge in [0.1, 0.15) is 0 Å². The van der Waals surface area contributed by atoms with Crippen molar-refractivity contribution in [3.05, 3.63) is 35.4 Å². The number of hydrogen-bond donors (Lipinski definition) is 1. The Kier molecular flexibility index (Phi) is 5.11. The van der Waals surface area contributed by atoms with Crippen molar-refractivity contribution >= 4 is 15.8 Å². The maximum absolute atomic E-state index is 12.2. The zero-order valence-corrected chi connectivity index (χ0v) is 12.3. The molecule has 0 saturated heterocycles. The normalized spacial score (nSPS) is 13.5. The molecule has 0 saturated carbocycles. The number of carboxylic acids is 1. The Bertz CT molecular complexity index is 546. The molecule has 0 heterocycles. The van der Waals surface area contributed by atoms with E-state index in [1.807, 2.05) is 13.8 Å². The van der Waals surface area contributed by atoms with E-state index in [4.69, 9.17) is 5.11 Å². The highest BCUT2D eigenvalue weighted by atomic mass is 32.2. The average Bonchev–Trinajstić information content (AvgIpc) is 2.29. The maximum atomic E-state index is 12.2. The predicted octanol–water partition coefficient (Wildman–Crippen LogP) is 2.27. The van der Waals surface area contributed by atoms with Crippen LogP contribution in [0.15, 0.2) is 24.3 Å². The summed E-state index contributed by atoms with van der Waals surface area (Å²) in [5.41, 5.74) is 1.15. The van der Waals surface area contributed by atoms with Crippen LogP contribution in [0, 0.1) is 5.92 Å². The fraction of sp³-hybridized carbons (Fsp3) is 0.500. The molecule has 0 amide bonds. The Hall–Kier alpha value is -1.36. The Morgan fingerprint density at radius 3 is 2.16 bits per heavy atom. The van der Waals surface area contributed by atoms with Crippen LogP contribution in [0.1, 0.15) is 31.9 Å². The minimum Gasteiger partial charge on any atom is -0.481 e. The fourth-order valence-electron chi connectivity index (χ4n) is 1.80. The zero-order chi connectivity index (χ0) is 14.6. The van der Waals surface area contributed by atoms with Gasteiger partial charge >= 0.3 is 5.97 Å². The summed E-state index contributed by atoms with van der Waals surface area (Å²) >= 11 is 0. The molecule has 1 aromatic rings. The molecule has 1 N–H and O–H groups in total. The van der Waals surface area contributed by atoms with E-state index in [1.165, 1.54) is 0 Å². The number of hydrogen-bond acceptors (Lipinski definition) is 3. The van der Waals surface area contributed by atoms with Crippen molar-refractivity contribution in [2.75, 3.05) is 0 Å². The van der Waals surface area contributed by atoms with Crippen molar-refractivity contribution in [3.8, 4) is 0 Å². The minimum absolute atomic E-state index is 0.0386. The Labute approximate surface area is 114 Å². The first-order chi connectivity index (χ1) is 8.74. The molecule has 1 aromatic carbocycles. The number of rotatable bonds is 6. The van der Waals surface area contributed by atoms with Crippen molar-refractivity contribution in [1.29, 1.82) is 0 Å². The van der Waals surface area contributed by atoms with Gasteiger partial charge in [-0.15, -0.1) is 0 Å². The van der Waals surface area contributed by atoms with E-state index in [9.17, 15) is 13.2 Å². The lowest BCUT2D eigenvalue weighted by atomic mass is 10.1. The molecule has 1 rings (SSSR count). The minimum atomic E-state index is -3.26.